The molecule has 1 aromatic carbocycles. The lowest BCUT2D eigenvalue weighted by Crippen LogP contribution is -2.43. The molecule has 1 amide bonds. The number of sulfonamides is 1. The van der Waals surface area contributed by atoms with E-state index in [1.807, 2.05) is 7.05 Å². The lowest BCUT2D eigenvalue weighted by Gasteiger charge is -2.32. The van der Waals surface area contributed by atoms with Crippen molar-refractivity contribution in [1.82, 2.24) is 9.21 Å². The van der Waals surface area contributed by atoms with Gasteiger partial charge in [-0.05, 0) is 56.7 Å². The zero-order chi connectivity index (χ0) is 20.1. The standard InChI is InChI=1S/C21H33N3O3S/c1-3-28(26,27)24-15-11-19(12-16-24)21(25)22(2)17-18-7-9-20(10-8-18)23-13-5-4-6-14-23/h7-10,19H,3-6,11-17H2,1-2H3. The smallest absolute Gasteiger partial charge is 0.225 e. The van der Waals surface area contributed by atoms with E-state index in [4.69, 9.17) is 0 Å². The SMILES string of the molecule is CCS(=O)(=O)N1CCC(C(=O)N(C)Cc2ccc(N3CCCCC3)cc2)CC1. The first kappa shape index (κ1) is 21.1. The molecule has 0 aromatic heterocycles. The van der Waals surface area contributed by atoms with Crippen LogP contribution >= 0.6 is 0 Å². The molecule has 3 rings (SSSR count). The fourth-order valence-electron chi connectivity index (χ4n) is 4.19. The molecule has 2 saturated heterocycles. The van der Waals surface area contributed by atoms with E-state index in [1.165, 1.54) is 29.3 Å². The number of hydrogen-bond acceptors (Lipinski definition) is 4. The van der Waals surface area contributed by atoms with Crippen LogP contribution in [0, 0.1) is 5.92 Å². The third-order valence-electron chi connectivity index (χ3n) is 6.01. The van der Waals surface area contributed by atoms with Gasteiger partial charge in [-0.3, -0.25) is 4.79 Å². The molecule has 2 fully saturated rings. The van der Waals surface area contributed by atoms with Crippen molar-refractivity contribution in [1.29, 1.82) is 0 Å². The van der Waals surface area contributed by atoms with E-state index in [0.29, 0.717) is 32.5 Å². The number of benzene rings is 1. The Hall–Kier alpha value is -1.60. The normalized spacial score (nSPS) is 19.6. The highest BCUT2D eigenvalue weighted by Gasteiger charge is 2.31. The average Bonchev–Trinajstić information content (AvgIpc) is 2.74. The Kier molecular flexibility index (Phi) is 6.99. The number of hydrogen-bond donors (Lipinski definition) is 0. The lowest BCUT2D eigenvalue weighted by atomic mass is 9.96. The summed E-state index contributed by atoms with van der Waals surface area (Å²) < 4.78 is 25.5. The first-order valence-corrected chi connectivity index (χ1v) is 12.1. The third kappa shape index (κ3) is 5.06. The first-order valence-electron chi connectivity index (χ1n) is 10.5. The van der Waals surface area contributed by atoms with Crippen LogP contribution in [0.3, 0.4) is 0 Å². The Morgan fingerprint density at radius 2 is 1.64 bits per heavy atom. The highest BCUT2D eigenvalue weighted by molar-refractivity contribution is 7.89. The van der Waals surface area contributed by atoms with Crippen LogP contribution in [0.2, 0.25) is 0 Å². The number of amides is 1. The monoisotopic (exact) mass is 407 g/mol. The van der Waals surface area contributed by atoms with Crippen LogP contribution in [0.25, 0.3) is 0 Å². The fourth-order valence-corrected chi connectivity index (χ4v) is 5.32. The van der Waals surface area contributed by atoms with Crippen LogP contribution in [0.1, 0.15) is 44.6 Å². The Morgan fingerprint density at radius 3 is 2.21 bits per heavy atom. The van der Waals surface area contributed by atoms with Crippen molar-refractivity contribution >= 4 is 21.6 Å². The molecule has 0 saturated carbocycles. The van der Waals surface area contributed by atoms with E-state index in [2.05, 4.69) is 29.2 Å². The van der Waals surface area contributed by atoms with Gasteiger partial charge < -0.3 is 9.80 Å². The molecule has 0 bridgehead atoms. The van der Waals surface area contributed by atoms with Crippen molar-refractivity contribution in [3.63, 3.8) is 0 Å². The van der Waals surface area contributed by atoms with Crippen LogP contribution in [0.5, 0.6) is 0 Å². The lowest BCUT2D eigenvalue weighted by molar-refractivity contribution is -0.135. The van der Waals surface area contributed by atoms with Crippen molar-refractivity contribution in [2.24, 2.45) is 5.92 Å². The molecule has 0 aliphatic carbocycles. The second kappa shape index (κ2) is 9.27. The summed E-state index contributed by atoms with van der Waals surface area (Å²) >= 11 is 0. The molecule has 0 radical (unpaired) electrons. The summed E-state index contributed by atoms with van der Waals surface area (Å²) in [4.78, 5) is 17.0. The summed E-state index contributed by atoms with van der Waals surface area (Å²) in [5.41, 5.74) is 2.39. The number of carbonyl (C=O) groups is 1. The van der Waals surface area contributed by atoms with E-state index in [1.54, 1.807) is 11.8 Å². The molecular formula is C21H33N3O3S. The second-order valence-electron chi connectivity index (χ2n) is 7.98. The molecule has 7 heteroatoms. The third-order valence-corrected chi connectivity index (χ3v) is 7.90. The fraction of sp³-hybridized carbons (Fsp3) is 0.667. The van der Waals surface area contributed by atoms with Crippen LogP contribution in [-0.4, -0.2) is 62.5 Å². The number of anilines is 1. The molecule has 0 spiro atoms. The van der Waals surface area contributed by atoms with Gasteiger partial charge in [0.05, 0.1) is 5.75 Å². The Balaban J connectivity index is 1.51. The summed E-state index contributed by atoms with van der Waals surface area (Å²) in [6.07, 6.45) is 5.06. The molecule has 2 aliphatic rings. The number of piperidine rings is 2. The zero-order valence-corrected chi connectivity index (χ0v) is 18.0. The molecule has 2 aliphatic heterocycles. The zero-order valence-electron chi connectivity index (χ0n) is 17.1. The summed E-state index contributed by atoms with van der Waals surface area (Å²) in [7, 11) is -1.30. The maximum absolute atomic E-state index is 12.8. The van der Waals surface area contributed by atoms with Crippen LogP contribution in [-0.2, 0) is 21.4 Å². The molecule has 2 heterocycles. The van der Waals surface area contributed by atoms with Crippen LogP contribution in [0.15, 0.2) is 24.3 Å². The number of rotatable bonds is 6. The highest BCUT2D eigenvalue weighted by atomic mass is 32.2. The van der Waals surface area contributed by atoms with Gasteiger partial charge in [-0.1, -0.05) is 12.1 Å². The van der Waals surface area contributed by atoms with E-state index in [-0.39, 0.29) is 17.6 Å². The summed E-state index contributed by atoms with van der Waals surface area (Å²) in [5.74, 6) is 0.161. The molecule has 0 atom stereocenters. The number of carbonyl (C=O) groups excluding carboxylic acids is 1. The predicted molar refractivity (Wildman–Crippen MR) is 113 cm³/mol. The van der Waals surface area contributed by atoms with Gasteiger partial charge in [-0.15, -0.1) is 0 Å². The Labute approximate surface area is 169 Å². The van der Waals surface area contributed by atoms with Gasteiger partial charge in [0, 0.05) is 51.4 Å². The van der Waals surface area contributed by atoms with E-state index in [0.717, 1.165) is 18.7 Å². The van der Waals surface area contributed by atoms with Gasteiger partial charge in [0.25, 0.3) is 0 Å². The summed E-state index contributed by atoms with van der Waals surface area (Å²) in [6, 6.07) is 8.55. The minimum absolute atomic E-state index is 0.0825. The Bertz CT molecular complexity index is 750. The minimum Gasteiger partial charge on any atom is -0.372 e. The van der Waals surface area contributed by atoms with Gasteiger partial charge in [0.2, 0.25) is 15.9 Å². The average molecular weight is 408 g/mol. The van der Waals surface area contributed by atoms with Crippen molar-refractivity contribution in [2.75, 3.05) is 43.9 Å². The van der Waals surface area contributed by atoms with Crippen LogP contribution in [0.4, 0.5) is 5.69 Å². The van der Waals surface area contributed by atoms with Gasteiger partial charge in [0.1, 0.15) is 0 Å². The number of nitrogens with zero attached hydrogens (tertiary/aromatic N) is 3. The quantitative estimate of drug-likeness (QED) is 0.727. The van der Waals surface area contributed by atoms with E-state index in [9.17, 15) is 13.2 Å². The van der Waals surface area contributed by atoms with Gasteiger partial charge >= 0.3 is 0 Å². The van der Waals surface area contributed by atoms with Gasteiger partial charge in [-0.2, -0.15) is 0 Å². The van der Waals surface area contributed by atoms with E-state index >= 15 is 0 Å². The summed E-state index contributed by atoms with van der Waals surface area (Å²) in [6.45, 7) is 5.41. The molecule has 0 unspecified atom stereocenters. The van der Waals surface area contributed by atoms with Crippen molar-refractivity contribution < 1.29 is 13.2 Å². The molecule has 156 valence electrons. The molecule has 28 heavy (non-hydrogen) atoms. The second-order valence-corrected chi connectivity index (χ2v) is 10.2. The van der Waals surface area contributed by atoms with Crippen molar-refractivity contribution in [3.05, 3.63) is 29.8 Å². The predicted octanol–water partition coefficient (Wildman–Crippen LogP) is 2.70. The molecule has 1 aromatic rings. The summed E-state index contributed by atoms with van der Waals surface area (Å²) in [5, 5.41) is 0. The topological polar surface area (TPSA) is 60.9 Å². The molecular weight excluding hydrogens is 374 g/mol. The van der Waals surface area contributed by atoms with Gasteiger partial charge in [-0.25, -0.2) is 12.7 Å². The minimum atomic E-state index is -3.15. The maximum atomic E-state index is 12.8. The van der Waals surface area contributed by atoms with Crippen LogP contribution < -0.4 is 4.90 Å². The Morgan fingerprint density at radius 1 is 1.04 bits per heavy atom. The highest BCUT2D eigenvalue weighted by Crippen LogP contribution is 2.23. The molecule has 0 N–H and O–H groups in total. The largest absolute Gasteiger partial charge is 0.372 e. The molecule has 6 nitrogen and oxygen atoms in total. The maximum Gasteiger partial charge on any atom is 0.225 e. The van der Waals surface area contributed by atoms with Crippen molar-refractivity contribution in [3.8, 4) is 0 Å². The van der Waals surface area contributed by atoms with E-state index < -0.39 is 10.0 Å². The first-order chi connectivity index (χ1) is 13.4. The van der Waals surface area contributed by atoms with Gasteiger partial charge in [0.15, 0.2) is 0 Å². The van der Waals surface area contributed by atoms with Crippen molar-refractivity contribution in [2.45, 2.75) is 45.6 Å².